The van der Waals surface area contributed by atoms with Crippen LogP contribution in [0.2, 0.25) is 0 Å². The molecule has 0 atom stereocenters. The Morgan fingerprint density at radius 1 is 0.720 bits per heavy atom. The number of ether oxygens (including phenoxy) is 2. The molecular formula is C53H58Cl2N8O10S2. The Kier molecular flexibility index (Phi) is 24.6. The van der Waals surface area contributed by atoms with Crippen LogP contribution < -0.4 is 39.8 Å². The lowest BCUT2D eigenvalue weighted by molar-refractivity contribution is -0.644. The van der Waals surface area contributed by atoms with E-state index in [0.717, 1.165) is 81.7 Å². The number of hydrogen-bond donors (Lipinski definition) is 2. The van der Waals surface area contributed by atoms with Crippen LogP contribution in [0.15, 0.2) is 192 Å². The van der Waals surface area contributed by atoms with E-state index in [0.29, 0.717) is 17.7 Å². The Labute approximate surface area is 448 Å². The number of rotatable bonds is 14. The van der Waals surface area contributed by atoms with Gasteiger partial charge in [0.25, 0.3) is 10.1 Å². The van der Waals surface area contributed by atoms with Crippen LogP contribution in [0.5, 0.6) is 11.5 Å². The Hall–Kier alpha value is -7.40. The first-order valence-electron chi connectivity index (χ1n) is 22.3. The number of nitrogens with zero attached hydrogens (tertiary/aromatic N) is 6. The largest absolute Gasteiger partial charge is 0.707 e. The van der Waals surface area contributed by atoms with E-state index < -0.39 is 20.5 Å². The van der Waals surface area contributed by atoms with Gasteiger partial charge < -0.3 is 34.6 Å². The van der Waals surface area contributed by atoms with E-state index in [1.807, 2.05) is 172 Å². The molecule has 0 radical (unpaired) electrons. The molecule has 0 saturated heterocycles. The summed E-state index contributed by atoms with van der Waals surface area (Å²) in [6, 6.07) is 50.5. The second-order valence-electron chi connectivity index (χ2n) is 15.3. The van der Waals surface area contributed by atoms with Crippen LogP contribution in [0, 0.1) is 0 Å². The van der Waals surface area contributed by atoms with Crippen molar-refractivity contribution < 1.29 is 48.8 Å². The van der Waals surface area contributed by atoms with Gasteiger partial charge in [0.05, 0.1) is 57.8 Å². The minimum atomic E-state index is -3.72. The smallest absolute Gasteiger partial charge is 0.399 e. The van der Waals surface area contributed by atoms with E-state index in [1.54, 1.807) is 20.4 Å². The molecule has 0 spiro atoms. The number of pyridine rings is 1. The Morgan fingerprint density at radius 2 is 1.25 bits per heavy atom. The van der Waals surface area contributed by atoms with Crippen molar-refractivity contribution in [2.24, 2.45) is 22.4 Å². The molecular weight excluding hydrogens is 1040 g/mol. The van der Waals surface area contributed by atoms with Gasteiger partial charge in [0.1, 0.15) is 29.9 Å². The number of benzene rings is 6. The zero-order chi connectivity index (χ0) is 54.8. The summed E-state index contributed by atoms with van der Waals surface area (Å²) in [5.41, 5.74) is 11.0. The van der Waals surface area contributed by atoms with Gasteiger partial charge in [-0.2, -0.15) is 18.6 Å². The van der Waals surface area contributed by atoms with Crippen LogP contribution in [0.25, 0.3) is 16.5 Å². The van der Waals surface area contributed by atoms with Gasteiger partial charge in [-0.1, -0.05) is 66.7 Å². The lowest BCUT2D eigenvalue weighted by atomic mass is 10.0. The van der Waals surface area contributed by atoms with Crippen LogP contribution >= 0.6 is 23.2 Å². The Morgan fingerprint density at radius 3 is 1.81 bits per heavy atom. The molecule has 7 aromatic rings. The number of fused-ring (bicyclic) bond motifs is 2. The molecule has 1 aliphatic rings. The summed E-state index contributed by atoms with van der Waals surface area (Å²) in [5, 5.41) is 32.1. The molecule has 0 saturated carbocycles. The van der Waals surface area contributed by atoms with Crippen LogP contribution in [0.4, 0.5) is 39.8 Å². The normalized spacial score (nSPS) is 12.2. The number of allylic oxidation sites excluding steroid dienone is 2. The molecule has 6 aromatic carbocycles. The number of hydrazone groups is 1. The van der Waals surface area contributed by atoms with Crippen molar-refractivity contribution in [1.29, 1.82) is 0 Å². The predicted molar refractivity (Wildman–Crippen MR) is 298 cm³/mol. The minimum absolute atomic E-state index is 0.194. The topological polar surface area (TPSA) is 209 Å². The van der Waals surface area contributed by atoms with Crippen LogP contribution in [0.3, 0.4) is 0 Å². The molecule has 0 bridgehead atoms. The minimum Gasteiger partial charge on any atom is -0.707 e. The van der Waals surface area contributed by atoms with Crippen molar-refractivity contribution in [3.63, 3.8) is 0 Å². The van der Waals surface area contributed by atoms with Gasteiger partial charge in [0, 0.05) is 89.7 Å². The van der Waals surface area contributed by atoms with Crippen molar-refractivity contribution in [3.8, 4) is 11.5 Å². The highest BCUT2D eigenvalue weighted by Crippen LogP contribution is 2.35. The monoisotopic (exact) mass is 1100 g/mol. The molecule has 2 heterocycles. The lowest BCUT2D eigenvalue weighted by Crippen LogP contribution is -2.28. The summed E-state index contributed by atoms with van der Waals surface area (Å²) in [4.78, 5) is 2.09. The Bertz CT molecular complexity index is 3250. The van der Waals surface area contributed by atoms with Gasteiger partial charge in [0.2, 0.25) is 5.52 Å². The molecule has 8 rings (SSSR count). The fourth-order valence-corrected chi connectivity index (χ4v) is 6.81. The number of anilines is 6. The summed E-state index contributed by atoms with van der Waals surface area (Å²) in [6.07, 6.45) is 10.4. The molecule has 0 aliphatic carbocycles. The van der Waals surface area contributed by atoms with Crippen LogP contribution in [-0.4, -0.2) is 77.2 Å². The highest BCUT2D eigenvalue weighted by molar-refractivity contribution is 7.85. The number of aromatic nitrogens is 1. The van der Waals surface area contributed by atoms with Gasteiger partial charge in [-0.3, -0.25) is 13.4 Å². The van der Waals surface area contributed by atoms with E-state index in [-0.39, 0.29) is 5.34 Å². The van der Waals surface area contributed by atoms with Crippen LogP contribution in [-0.2, 0) is 40.3 Å². The Balaban J connectivity index is 0.000000252. The van der Waals surface area contributed by atoms with E-state index >= 15 is 0 Å². The van der Waals surface area contributed by atoms with Crippen molar-refractivity contribution in [1.82, 2.24) is 0 Å². The van der Waals surface area contributed by atoms with Gasteiger partial charge in [0.15, 0.2) is 6.20 Å². The number of nitrogens with one attached hydrogen (secondary N) is 2. The molecule has 0 fully saturated rings. The maximum absolute atomic E-state index is 9.92. The molecule has 22 heteroatoms. The summed E-state index contributed by atoms with van der Waals surface area (Å²) >= 11 is 9.53. The van der Waals surface area contributed by atoms with Crippen molar-refractivity contribution in [2.45, 2.75) is 0 Å². The number of methoxy groups -OCH3 is 2. The molecule has 0 amide bonds. The first kappa shape index (κ1) is 60.2. The van der Waals surface area contributed by atoms with Crippen LogP contribution in [0.1, 0.15) is 11.1 Å². The lowest BCUT2D eigenvalue weighted by Gasteiger charge is -2.23. The molecule has 1 aliphatic heterocycles. The van der Waals surface area contributed by atoms with E-state index in [9.17, 15) is 16.8 Å². The summed E-state index contributed by atoms with van der Waals surface area (Å²) in [6.45, 7) is 0. The molecule has 0 unspecified atom stereocenters. The fraction of sp³-hybridized carbons (Fsp3) is 0.170. The molecule has 75 heavy (non-hydrogen) atoms. The molecule has 396 valence electrons. The summed E-state index contributed by atoms with van der Waals surface area (Å²) < 4.78 is 62.3. The number of halogens is 2. The molecule has 1 aromatic heterocycles. The number of aryl methyl sites for hydroxylation is 1. The third kappa shape index (κ3) is 19.8. The van der Waals surface area contributed by atoms with Crippen molar-refractivity contribution in [3.05, 3.63) is 187 Å². The third-order valence-corrected chi connectivity index (χ3v) is 11.3. The number of azo groups is 1. The number of hydrogen-bond acceptors (Lipinski definition) is 17. The van der Waals surface area contributed by atoms with Crippen molar-refractivity contribution in [2.75, 3.05) is 74.7 Å². The van der Waals surface area contributed by atoms with Gasteiger partial charge in [-0.15, -0.1) is 28.3 Å². The maximum atomic E-state index is 9.92. The van der Waals surface area contributed by atoms with E-state index in [1.165, 1.54) is 0 Å². The van der Waals surface area contributed by atoms with Gasteiger partial charge in [-0.05, 0) is 66.7 Å². The summed E-state index contributed by atoms with van der Waals surface area (Å²) in [7, 11) is 3.98. The average Bonchev–Trinajstić information content (AvgIpc) is 3.42. The van der Waals surface area contributed by atoms with E-state index in [4.69, 9.17) is 37.9 Å². The summed E-state index contributed by atoms with van der Waals surface area (Å²) in [5.74, 6) is 1.41. The second-order valence-corrected chi connectivity index (χ2v) is 19.1. The highest BCUT2D eigenvalue weighted by Gasteiger charge is 2.14. The SMILES string of the molecule is COS(=O)(=O)OC.COc1cc(Nc2ccccc2)ccc1N(C)/N=C\c1cc[n+](C)c2ccccc12.COc1cc(Nc2ccccc2)ccc1N=N/C=C1\C=CN(C)c2ccccc21.CS(=O)(=O)O[O-].ClCCl. The standard InChI is InChI=1S/C25H25N4O.C24H22N4O.C2H6O4S.CH2Cl2.CH4O4S/c1-28-16-15-19(22-11-7-8-12-23(22)28)18-26-29(2)24-14-13-21(17-25(24)30-3)27-20-9-5-4-6-10-20;1-28-15-14-18(21-10-6-7-11-23(21)28)17-25-27-22-13-12-20(16-24(22)29-2)26-19-8-4-3-5-9-19;1-5-7(3,4)6-2;2-1-3;1-6(3,4)5-2/h4-18,27H,1-3H3;3-17,26H,1-2H3;1-2H3;1H2;2H,1H3/q+1;;;;/p-1/b;18-17+,27-25?;;;. The van der Waals surface area contributed by atoms with Gasteiger partial charge in [-0.25, -0.2) is 13.0 Å². The first-order chi connectivity index (χ1) is 36.0. The molecule has 18 nitrogen and oxygen atoms in total. The van der Waals surface area contributed by atoms with Crippen molar-refractivity contribution >= 4 is 106 Å². The second kappa shape index (κ2) is 30.7. The highest BCUT2D eigenvalue weighted by atomic mass is 35.5. The maximum Gasteiger partial charge on any atom is 0.399 e. The number of para-hydroxylation sites is 4. The van der Waals surface area contributed by atoms with E-state index in [2.05, 4.69) is 78.5 Å². The zero-order valence-electron chi connectivity index (χ0n) is 42.4. The van der Waals surface area contributed by atoms with Gasteiger partial charge >= 0.3 is 10.4 Å². The quantitative estimate of drug-likeness (QED) is 0.0259. The fourth-order valence-electron chi connectivity index (χ4n) is 6.67. The average molecular weight is 1100 g/mol. The third-order valence-electron chi connectivity index (χ3n) is 10.2. The predicted octanol–water partition coefficient (Wildman–Crippen LogP) is 10.6. The zero-order valence-corrected chi connectivity index (χ0v) is 45.5. The first-order valence-corrected chi connectivity index (χ1v) is 26.5. The number of alkyl halides is 2. The molecule has 2 N–H and O–H groups in total.